The molecular weight excluding hydrogens is 271 g/mol. The summed E-state index contributed by atoms with van der Waals surface area (Å²) in [7, 11) is 0. The lowest BCUT2D eigenvalue weighted by Gasteiger charge is -2.07. The molecule has 8 heteroatoms. The van der Waals surface area contributed by atoms with Crippen LogP contribution >= 0.6 is 0 Å². The lowest BCUT2D eigenvalue weighted by molar-refractivity contribution is -0.137. The quantitative estimate of drug-likeness (QED) is 0.842. The van der Waals surface area contributed by atoms with Crippen LogP contribution in [0, 0.1) is 0 Å². The van der Waals surface area contributed by atoms with E-state index < -0.39 is 29.4 Å². The summed E-state index contributed by atoms with van der Waals surface area (Å²) in [5, 5.41) is 2.13. The third-order valence-corrected chi connectivity index (χ3v) is 2.43. The van der Waals surface area contributed by atoms with E-state index in [1.165, 1.54) is 0 Å². The Bertz CT molecular complexity index is 624. The van der Waals surface area contributed by atoms with Crippen molar-refractivity contribution in [2.45, 2.75) is 12.6 Å². The molecule has 1 aromatic heterocycles. The molecule has 19 heavy (non-hydrogen) atoms. The Morgan fingerprint density at radius 3 is 2.11 bits per heavy atom. The summed E-state index contributed by atoms with van der Waals surface area (Å²) in [5.41, 5.74) is -2.20. The SMILES string of the molecule is O=c1cc(C(F)F)[nH]n1-c1ccc(C(F)(F)F)cc1. The van der Waals surface area contributed by atoms with Crippen LogP contribution < -0.4 is 5.56 Å². The smallest absolute Gasteiger partial charge is 0.289 e. The molecule has 0 unspecified atom stereocenters. The third-order valence-electron chi connectivity index (χ3n) is 2.43. The number of rotatable bonds is 2. The van der Waals surface area contributed by atoms with E-state index in [-0.39, 0.29) is 5.69 Å². The fourth-order valence-electron chi connectivity index (χ4n) is 1.52. The second kappa shape index (κ2) is 4.52. The van der Waals surface area contributed by atoms with Crippen LogP contribution in [0.3, 0.4) is 0 Å². The molecule has 1 aromatic carbocycles. The number of nitrogens with one attached hydrogen (secondary N) is 1. The molecule has 2 aromatic rings. The second-order valence-electron chi connectivity index (χ2n) is 3.73. The van der Waals surface area contributed by atoms with Gasteiger partial charge in [-0.25, -0.2) is 13.5 Å². The second-order valence-corrected chi connectivity index (χ2v) is 3.73. The first-order valence-electron chi connectivity index (χ1n) is 5.07. The summed E-state index contributed by atoms with van der Waals surface area (Å²) in [4.78, 5) is 11.4. The molecule has 0 spiro atoms. The van der Waals surface area contributed by atoms with E-state index in [0.29, 0.717) is 6.07 Å². The van der Waals surface area contributed by atoms with Crippen LogP contribution in [0.15, 0.2) is 35.1 Å². The van der Waals surface area contributed by atoms with Gasteiger partial charge in [-0.2, -0.15) is 13.2 Å². The molecule has 0 saturated heterocycles. The highest BCUT2D eigenvalue weighted by Gasteiger charge is 2.30. The van der Waals surface area contributed by atoms with Crippen LogP contribution in [0.2, 0.25) is 0 Å². The molecule has 1 heterocycles. The van der Waals surface area contributed by atoms with Crippen LogP contribution in [0.4, 0.5) is 22.0 Å². The van der Waals surface area contributed by atoms with Gasteiger partial charge in [0.25, 0.3) is 12.0 Å². The lowest BCUT2D eigenvalue weighted by atomic mass is 10.2. The van der Waals surface area contributed by atoms with Gasteiger partial charge in [0.05, 0.1) is 11.3 Å². The van der Waals surface area contributed by atoms with E-state index in [4.69, 9.17) is 0 Å². The van der Waals surface area contributed by atoms with E-state index in [1.807, 2.05) is 0 Å². The summed E-state index contributed by atoms with van der Waals surface area (Å²) in [6, 6.07) is 4.28. The van der Waals surface area contributed by atoms with Gasteiger partial charge in [0.1, 0.15) is 5.69 Å². The molecular formula is C11H7F5N2O. The average Bonchev–Trinajstić information content (AvgIpc) is 2.70. The zero-order valence-electron chi connectivity index (χ0n) is 9.21. The zero-order chi connectivity index (χ0) is 14.2. The zero-order valence-corrected chi connectivity index (χ0v) is 9.21. The Morgan fingerprint density at radius 1 is 1.11 bits per heavy atom. The number of benzene rings is 1. The molecule has 0 fully saturated rings. The van der Waals surface area contributed by atoms with Crippen molar-refractivity contribution in [3.8, 4) is 5.69 Å². The first-order valence-corrected chi connectivity index (χ1v) is 5.07. The fraction of sp³-hybridized carbons (Fsp3) is 0.182. The number of halogens is 5. The Labute approximate surface area is 103 Å². The summed E-state index contributed by atoms with van der Waals surface area (Å²) >= 11 is 0. The van der Waals surface area contributed by atoms with E-state index in [9.17, 15) is 26.7 Å². The number of hydrogen-bond acceptors (Lipinski definition) is 1. The summed E-state index contributed by atoms with van der Waals surface area (Å²) < 4.78 is 62.5. The highest BCUT2D eigenvalue weighted by molar-refractivity contribution is 5.35. The molecule has 0 saturated carbocycles. The lowest BCUT2D eigenvalue weighted by Crippen LogP contribution is -2.14. The minimum atomic E-state index is -4.49. The first kappa shape index (κ1) is 13.3. The summed E-state index contributed by atoms with van der Waals surface area (Å²) in [5.74, 6) is 0. The van der Waals surface area contributed by atoms with Gasteiger partial charge in [-0.15, -0.1) is 0 Å². The largest absolute Gasteiger partial charge is 0.416 e. The highest BCUT2D eigenvalue weighted by Crippen LogP contribution is 2.29. The molecule has 0 aliphatic rings. The van der Waals surface area contributed by atoms with Crippen molar-refractivity contribution in [2.75, 3.05) is 0 Å². The van der Waals surface area contributed by atoms with E-state index >= 15 is 0 Å². The molecule has 0 atom stereocenters. The maximum absolute atomic E-state index is 12.4. The molecule has 0 aliphatic heterocycles. The van der Waals surface area contributed by atoms with Crippen molar-refractivity contribution in [1.82, 2.24) is 9.78 Å². The predicted octanol–water partition coefficient (Wildman–Crippen LogP) is 3.12. The maximum atomic E-state index is 12.4. The maximum Gasteiger partial charge on any atom is 0.416 e. The van der Waals surface area contributed by atoms with E-state index in [0.717, 1.165) is 28.9 Å². The van der Waals surface area contributed by atoms with Crippen LogP contribution in [0.1, 0.15) is 17.7 Å². The highest BCUT2D eigenvalue weighted by atomic mass is 19.4. The molecule has 0 amide bonds. The van der Waals surface area contributed by atoms with Crippen molar-refractivity contribution in [3.05, 3.63) is 51.9 Å². The minimum absolute atomic E-state index is 0.0462. The molecule has 2 rings (SSSR count). The Hall–Kier alpha value is -2.12. The van der Waals surface area contributed by atoms with Crippen molar-refractivity contribution in [2.24, 2.45) is 0 Å². The van der Waals surface area contributed by atoms with Gasteiger partial charge >= 0.3 is 6.18 Å². The summed E-state index contributed by atoms with van der Waals surface area (Å²) in [6.45, 7) is 0. The molecule has 0 radical (unpaired) electrons. The van der Waals surface area contributed by atoms with E-state index in [2.05, 4.69) is 5.10 Å². The Morgan fingerprint density at radius 2 is 1.68 bits per heavy atom. The molecule has 3 nitrogen and oxygen atoms in total. The van der Waals surface area contributed by atoms with Crippen molar-refractivity contribution < 1.29 is 22.0 Å². The fourth-order valence-corrected chi connectivity index (χ4v) is 1.52. The van der Waals surface area contributed by atoms with Crippen LogP contribution in [-0.2, 0) is 6.18 Å². The van der Waals surface area contributed by atoms with Crippen LogP contribution in [-0.4, -0.2) is 9.78 Å². The number of aromatic amines is 1. The van der Waals surface area contributed by atoms with Gasteiger partial charge in [-0.05, 0) is 24.3 Å². The Kier molecular flexibility index (Phi) is 3.17. The van der Waals surface area contributed by atoms with Crippen molar-refractivity contribution in [1.29, 1.82) is 0 Å². The van der Waals surface area contributed by atoms with Gasteiger partial charge < -0.3 is 0 Å². The van der Waals surface area contributed by atoms with Gasteiger partial charge in [0.15, 0.2) is 0 Å². The predicted molar refractivity (Wildman–Crippen MR) is 56.3 cm³/mol. The number of aromatic nitrogens is 2. The van der Waals surface area contributed by atoms with Gasteiger partial charge in [0, 0.05) is 6.07 Å². The molecule has 102 valence electrons. The minimum Gasteiger partial charge on any atom is -0.289 e. The number of H-pyrrole nitrogens is 1. The van der Waals surface area contributed by atoms with E-state index in [1.54, 1.807) is 0 Å². The number of alkyl halides is 5. The molecule has 0 aliphatic carbocycles. The van der Waals surface area contributed by atoms with Crippen LogP contribution in [0.5, 0.6) is 0 Å². The van der Waals surface area contributed by atoms with Gasteiger partial charge in [-0.1, -0.05) is 0 Å². The summed E-state index contributed by atoms with van der Waals surface area (Å²) in [6.07, 6.45) is -7.35. The van der Waals surface area contributed by atoms with Gasteiger partial charge in [0.2, 0.25) is 0 Å². The third kappa shape index (κ3) is 2.67. The molecule has 0 bridgehead atoms. The standard InChI is InChI=1S/C11H7F5N2O/c12-10(13)8-5-9(19)18(17-8)7-3-1-6(2-4-7)11(14,15)16/h1-5,10,17H. The van der Waals surface area contributed by atoms with Crippen LogP contribution in [0.25, 0.3) is 5.69 Å². The number of nitrogens with zero attached hydrogens (tertiary/aromatic N) is 1. The first-order chi connectivity index (χ1) is 8.79. The monoisotopic (exact) mass is 278 g/mol. The number of hydrogen-bond donors (Lipinski definition) is 1. The normalized spacial score (nSPS) is 12.1. The average molecular weight is 278 g/mol. The van der Waals surface area contributed by atoms with Crippen molar-refractivity contribution in [3.63, 3.8) is 0 Å². The topological polar surface area (TPSA) is 37.8 Å². The van der Waals surface area contributed by atoms with Crippen molar-refractivity contribution >= 4 is 0 Å². The molecule has 1 N–H and O–H groups in total. The van der Waals surface area contributed by atoms with Gasteiger partial charge in [-0.3, -0.25) is 9.89 Å². The Balaban J connectivity index is 2.40.